The molecular formula is C23H25N5O. The molecule has 0 radical (unpaired) electrons. The molecule has 6 heteroatoms. The van der Waals surface area contributed by atoms with Crippen molar-refractivity contribution in [3.8, 4) is 11.4 Å². The number of hydrogen-bond acceptors (Lipinski definition) is 4. The molecule has 1 amide bonds. The van der Waals surface area contributed by atoms with Gasteiger partial charge >= 0.3 is 0 Å². The SMILES string of the molecule is Cn1ncnc1-c1ccc(C(=O)N2CCC3(CC2)Cc2ccccc2CN3)cc1. The summed E-state index contributed by atoms with van der Waals surface area (Å²) < 4.78 is 1.73. The zero-order valence-electron chi connectivity index (χ0n) is 16.6. The van der Waals surface area contributed by atoms with Crippen molar-refractivity contribution >= 4 is 5.91 Å². The van der Waals surface area contributed by atoms with Gasteiger partial charge in [-0.3, -0.25) is 4.79 Å². The van der Waals surface area contributed by atoms with Crippen LogP contribution in [0.15, 0.2) is 54.9 Å². The Bertz CT molecular complexity index is 1030. The summed E-state index contributed by atoms with van der Waals surface area (Å²) in [4.78, 5) is 19.3. The average Bonchev–Trinajstić information content (AvgIpc) is 3.20. The van der Waals surface area contributed by atoms with Crippen LogP contribution in [0.3, 0.4) is 0 Å². The summed E-state index contributed by atoms with van der Waals surface area (Å²) in [6, 6.07) is 16.4. The normalized spacial score (nSPS) is 17.9. The van der Waals surface area contributed by atoms with Gasteiger partial charge in [-0.25, -0.2) is 9.67 Å². The van der Waals surface area contributed by atoms with Crippen molar-refractivity contribution in [2.75, 3.05) is 13.1 Å². The van der Waals surface area contributed by atoms with E-state index in [0.717, 1.165) is 55.8 Å². The zero-order valence-corrected chi connectivity index (χ0v) is 16.6. The molecule has 1 N–H and O–H groups in total. The molecule has 3 aromatic rings. The first-order valence-corrected chi connectivity index (χ1v) is 10.2. The van der Waals surface area contributed by atoms with E-state index in [2.05, 4.69) is 39.7 Å². The van der Waals surface area contributed by atoms with Gasteiger partial charge in [0.05, 0.1) is 0 Å². The van der Waals surface area contributed by atoms with Crippen LogP contribution in [0.1, 0.15) is 34.3 Å². The molecule has 1 fully saturated rings. The maximum absolute atomic E-state index is 13.0. The summed E-state index contributed by atoms with van der Waals surface area (Å²) in [6.07, 6.45) is 4.57. The lowest BCUT2D eigenvalue weighted by atomic mass is 9.78. The molecule has 6 nitrogen and oxygen atoms in total. The van der Waals surface area contributed by atoms with Gasteiger partial charge < -0.3 is 10.2 Å². The predicted molar refractivity (Wildman–Crippen MR) is 111 cm³/mol. The molecule has 2 aliphatic heterocycles. The van der Waals surface area contributed by atoms with Gasteiger partial charge in [-0.05, 0) is 42.5 Å². The number of carbonyl (C=O) groups excluding carboxylic acids is 1. The van der Waals surface area contributed by atoms with E-state index >= 15 is 0 Å². The highest BCUT2D eigenvalue weighted by Gasteiger charge is 2.38. The van der Waals surface area contributed by atoms with E-state index in [1.165, 1.54) is 17.5 Å². The highest BCUT2D eigenvalue weighted by atomic mass is 16.2. The Morgan fingerprint density at radius 3 is 2.45 bits per heavy atom. The van der Waals surface area contributed by atoms with Gasteiger partial charge in [0, 0.05) is 43.3 Å². The van der Waals surface area contributed by atoms with Crippen molar-refractivity contribution in [3.63, 3.8) is 0 Å². The van der Waals surface area contributed by atoms with Crippen LogP contribution < -0.4 is 5.32 Å². The highest BCUT2D eigenvalue weighted by Crippen LogP contribution is 2.32. The molecular weight excluding hydrogens is 362 g/mol. The number of aromatic nitrogens is 3. The minimum atomic E-state index is 0.112. The van der Waals surface area contributed by atoms with Crippen molar-refractivity contribution in [3.05, 3.63) is 71.5 Å². The van der Waals surface area contributed by atoms with Crippen LogP contribution in [0.25, 0.3) is 11.4 Å². The molecule has 1 aromatic heterocycles. The second-order valence-electron chi connectivity index (χ2n) is 8.16. The minimum absolute atomic E-state index is 0.112. The molecule has 0 saturated carbocycles. The molecule has 1 saturated heterocycles. The first-order chi connectivity index (χ1) is 14.1. The van der Waals surface area contributed by atoms with E-state index in [0.29, 0.717) is 0 Å². The van der Waals surface area contributed by atoms with Gasteiger partial charge in [0.2, 0.25) is 0 Å². The first kappa shape index (κ1) is 18.1. The monoisotopic (exact) mass is 387 g/mol. The van der Waals surface area contributed by atoms with Gasteiger partial charge in [0.1, 0.15) is 6.33 Å². The molecule has 3 heterocycles. The van der Waals surface area contributed by atoms with E-state index in [-0.39, 0.29) is 11.4 Å². The fourth-order valence-corrected chi connectivity index (χ4v) is 4.61. The summed E-state index contributed by atoms with van der Waals surface area (Å²) in [5, 5.41) is 7.87. The number of rotatable bonds is 2. The molecule has 2 aliphatic rings. The summed E-state index contributed by atoms with van der Waals surface area (Å²) >= 11 is 0. The third kappa shape index (κ3) is 3.34. The third-order valence-corrected chi connectivity index (χ3v) is 6.41. The number of amides is 1. The smallest absolute Gasteiger partial charge is 0.253 e. The largest absolute Gasteiger partial charge is 0.339 e. The Balaban J connectivity index is 1.25. The summed E-state index contributed by atoms with van der Waals surface area (Å²) in [5.41, 5.74) is 4.67. The summed E-state index contributed by atoms with van der Waals surface area (Å²) in [7, 11) is 1.86. The fourth-order valence-electron chi connectivity index (χ4n) is 4.61. The van der Waals surface area contributed by atoms with Crippen LogP contribution in [0, 0.1) is 0 Å². The zero-order chi connectivity index (χ0) is 19.8. The van der Waals surface area contributed by atoms with Crippen LogP contribution >= 0.6 is 0 Å². The Labute approximate surface area is 170 Å². The number of likely N-dealkylation sites (tertiary alicyclic amines) is 1. The van der Waals surface area contributed by atoms with Gasteiger partial charge in [-0.1, -0.05) is 36.4 Å². The Morgan fingerprint density at radius 1 is 1.03 bits per heavy atom. The van der Waals surface area contributed by atoms with Crippen molar-refractivity contribution in [1.29, 1.82) is 0 Å². The van der Waals surface area contributed by atoms with Crippen LogP contribution in [0.5, 0.6) is 0 Å². The molecule has 2 aromatic carbocycles. The fraction of sp³-hybridized carbons (Fsp3) is 0.348. The summed E-state index contributed by atoms with van der Waals surface area (Å²) in [5.74, 6) is 0.910. The molecule has 0 unspecified atom stereocenters. The van der Waals surface area contributed by atoms with Crippen LogP contribution in [0.4, 0.5) is 0 Å². The lowest BCUT2D eigenvalue weighted by molar-refractivity contribution is 0.0631. The Morgan fingerprint density at radius 2 is 1.76 bits per heavy atom. The number of piperidine rings is 1. The number of carbonyl (C=O) groups is 1. The topological polar surface area (TPSA) is 63.1 Å². The minimum Gasteiger partial charge on any atom is -0.339 e. The molecule has 29 heavy (non-hydrogen) atoms. The van der Waals surface area contributed by atoms with Crippen molar-refractivity contribution in [1.82, 2.24) is 25.0 Å². The van der Waals surface area contributed by atoms with E-state index in [1.807, 2.05) is 36.2 Å². The average molecular weight is 387 g/mol. The van der Waals surface area contributed by atoms with E-state index in [1.54, 1.807) is 4.68 Å². The van der Waals surface area contributed by atoms with Crippen molar-refractivity contribution < 1.29 is 4.79 Å². The summed E-state index contributed by atoms with van der Waals surface area (Å²) in [6.45, 7) is 2.51. The van der Waals surface area contributed by atoms with E-state index in [4.69, 9.17) is 0 Å². The number of nitrogens with one attached hydrogen (secondary N) is 1. The van der Waals surface area contributed by atoms with Crippen LogP contribution in [-0.2, 0) is 20.0 Å². The number of hydrogen-bond donors (Lipinski definition) is 1. The van der Waals surface area contributed by atoms with Crippen molar-refractivity contribution in [2.24, 2.45) is 7.05 Å². The highest BCUT2D eigenvalue weighted by molar-refractivity contribution is 5.94. The Hall–Kier alpha value is -2.99. The van der Waals surface area contributed by atoms with E-state index < -0.39 is 0 Å². The molecule has 148 valence electrons. The van der Waals surface area contributed by atoms with Crippen molar-refractivity contribution in [2.45, 2.75) is 31.3 Å². The molecule has 0 bridgehead atoms. The van der Waals surface area contributed by atoms with Crippen LogP contribution in [-0.4, -0.2) is 44.2 Å². The van der Waals surface area contributed by atoms with Gasteiger partial charge in [-0.15, -0.1) is 0 Å². The number of benzene rings is 2. The Kier molecular flexibility index (Phi) is 4.43. The van der Waals surface area contributed by atoms with Gasteiger partial charge in [-0.2, -0.15) is 5.10 Å². The van der Waals surface area contributed by atoms with E-state index in [9.17, 15) is 4.79 Å². The standard InChI is InChI=1S/C23H25N5O/c1-27-21(24-16-26-27)17-6-8-18(9-7-17)22(29)28-12-10-23(11-13-28)14-19-4-2-3-5-20(19)15-25-23/h2-9,16,25H,10-15H2,1H3. The lowest BCUT2D eigenvalue weighted by Gasteiger charge is -2.45. The quantitative estimate of drug-likeness (QED) is 0.735. The maximum Gasteiger partial charge on any atom is 0.253 e. The maximum atomic E-state index is 13.0. The second kappa shape index (κ2) is 7.12. The van der Waals surface area contributed by atoms with Gasteiger partial charge in [0.25, 0.3) is 5.91 Å². The molecule has 0 aliphatic carbocycles. The lowest BCUT2D eigenvalue weighted by Crippen LogP contribution is -2.57. The first-order valence-electron chi connectivity index (χ1n) is 10.2. The molecule has 5 rings (SSSR count). The number of fused-ring (bicyclic) bond motifs is 1. The predicted octanol–water partition coefficient (Wildman–Crippen LogP) is 2.80. The third-order valence-electron chi connectivity index (χ3n) is 6.41. The van der Waals surface area contributed by atoms with Gasteiger partial charge in [0.15, 0.2) is 5.82 Å². The molecule has 0 atom stereocenters. The number of aryl methyl sites for hydroxylation is 1. The second-order valence-corrected chi connectivity index (χ2v) is 8.16. The number of nitrogens with zero attached hydrogens (tertiary/aromatic N) is 4. The van der Waals surface area contributed by atoms with Crippen LogP contribution in [0.2, 0.25) is 0 Å². The molecule has 1 spiro atoms.